The number of carbonyl (C=O) groups excluding carboxylic acids is 3. The zero-order chi connectivity index (χ0) is 39.5. The highest BCUT2D eigenvalue weighted by molar-refractivity contribution is 6.02. The lowest BCUT2D eigenvalue weighted by Crippen LogP contribution is -2.61. The third-order valence-corrected chi connectivity index (χ3v) is 12.4. The number of nitrogens with zero attached hydrogens (tertiary/aromatic N) is 7. The molecule has 0 saturated carbocycles. The van der Waals surface area contributed by atoms with Gasteiger partial charge < -0.3 is 25.2 Å². The highest BCUT2D eigenvalue weighted by Crippen LogP contribution is 2.44. The number of nitrogens with one attached hydrogen (secondary N) is 3. The van der Waals surface area contributed by atoms with Gasteiger partial charge in [-0.05, 0) is 79.3 Å². The number of carbonyl (C=O) groups is 3. The molecular weight excluding hydrogens is 733 g/mol. The van der Waals surface area contributed by atoms with Gasteiger partial charge in [-0.3, -0.25) is 24.4 Å². The number of anilines is 4. The van der Waals surface area contributed by atoms with E-state index in [0.29, 0.717) is 37.7 Å². The number of hydrogen-bond donors (Lipinski definition) is 3. The van der Waals surface area contributed by atoms with Crippen LogP contribution in [0.25, 0.3) is 32.9 Å². The van der Waals surface area contributed by atoms with Crippen LogP contribution in [0.3, 0.4) is 0 Å². The zero-order valence-electron chi connectivity index (χ0n) is 32.5. The quantitative estimate of drug-likeness (QED) is 0.173. The van der Waals surface area contributed by atoms with E-state index >= 15 is 0 Å². The number of ether oxygens (including phenoxy) is 1. The van der Waals surface area contributed by atoms with E-state index in [9.17, 15) is 14.4 Å². The Balaban J connectivity index is 0.732. The molecule has 1 spiro atoms. The monoisotopic (exact) mass is 776 g/mol. The van der Waals surface area contributed by atoms with E-state index in [2.05, 4.69) is 68.1 Å². The second-order valence-corrected chi connectivity index (χ2v) is 16.2. The molecule has 6 aromatic rings. The maximum Gasteiger partial charge on any atom is 0.237 e. The van der Waals surface area contributed by atoms with Gasteiger partial charge in [0, 0.05) is 91.7 Å². The standard InChI is InChI=1S/C44H44N10O4/c1-26-34(23-46-42-39(26)45-15-18-58-42)28-5-6-29-22-47-43(49-35(29)20-28)48-30-7-3-27(4-8-30)19-38(56)53-16-13-44(14-17-53)24-54(25-44)31-9-10-32-36(21-31)52(2)51-40(32)33-11-12-37(55)50-41(33)57/h3-10,20-23,33,45H,11-19,24-25H2,1-2H3,(H,47,48,49)(H,50,55,57). The van der Waals surface area contributed by atoms with Gasteiger partial charge in [0.25, 0.3) is 0 Å². The van der Waals surface area contributed by atoms with Crippen molar-refractivity contribution in [1.29, 1.82) is 0 Å². The van der Waals surface area contributed by atoms with Gasteiger partial charge >= 0.3 is 0 Å². The first kappa shape index (κ1) is 35.8. The van der Waals surface area contributed by atoms with Crippen LogP contribution in [0.1, 0.15) is 48.4 Å². The molecule has 7 heterocycles. The molecule has 3 aromatic heterocycles. The molecule has 0 aliphatic carbocycles. The molecule has 0 bridgehead atoms. The third-order valence-electron chi connectivity index (χ3n) is 12.4. The van der Waals surface area contributed by atoms with Crippen molar-refractivity contribution in [2.75, 3.05) is 54.9 Å². The molecule has 294 valence electrons. The molecule has 4 aliphatic heterocycles. The Kier molecular flexibility index (Phi) is 8.72. The predicted molar refractivity (Wildman–Crippen MR) is 221 cm³/mol. The number of pyridine rings is 1. The minimum Gasteiger partial charge on any atom is -0.474 e. The van der Waals surface area contributed by atoms with Gasteiger partial charge in [-0.2, -0.15) is 5.10 Å². The molecule has 4 aliphatic rings. The summed E-state index contributed by atoms with van der Waals surface area (Å²) in [5.41, 5.74) is 9.76. The first-order valence-electron chi connectivity index (χ1n) is 20.0. The summed E-state index contributed by atoms with van der Waals surface area (Å²) < 4.78 is 7.54. The third kappa shape index (κ3) is 6.51. The van der Waals surface area contributed by atoms with Crippen LogP contribution in [0, 0.1) is 12.3 Å². The first-order chi connectivity index (χ1) is 28.2. The van der Waals surface area contributed by atoms with Gasteiger partial charge in [0.05, 0.1) is 29.1 Å². The molecule has 3 N–H and O–H groups in total. The number of rotatable bonds is 7. The number of amides is 3. The van der Waals surface area contributed by atoms with E-state index in [1.165, 1.54) is 0 Å². The molecule has 1 unspecified atom stereocenters. The number of likely N-dealkylation sites (tertiary alicyclic amines) is 1. The highest BCUT2D eigenvalue weighted by Gasteiger charge is 2.45. The van der Waals surface area contributed by atoms with E-state index < -0.39 is 5.92 Å². The molecule has 14 nitrogen and oxygen atoms in total. The SMILES string of the molecule is Cc1c(-c2ccc3cnc(Nc4ccc(CC(=O)N5CCC6(CC5)CN(c5ccc7c(C8CCC(=O)NC8=O)nn(C)c7c5)C6)cc4)nc3c2)cnc2c1NCCO2. The number of hydrogen-bond acceptors (Lipinski definition) is 11. The van der Waals surface area contributed by atoms with Gasteiger partial charge in [-0.25, -0.2) is 15.0 Å². The van der Waals surface area contributed by atoms with Crippen LogP contribution in [0.5, 0.6) is 5.88 Å². The number of aromatic nitrogens is 5. The Morgan fingerprint density at radius 3 is 2.64 bits per heavy atom. The lowest BCUT2D eigenvalue weighted by molar-refractivity contribution is -0.135. The lowest BCUT2D eigenvalue weighted by atomic mass is 9.71. The minimum atomic E-state index is -0.417. The average Bonchev–Trinajstić information content (AvgIpc) is 3.55. The van der Waals surface area contributed by atoms with Gasteiger partial charge in [-0.15, -0.1) is 0 Å². The number of piperidine rings is 2. The Morgan fingerprint density at radius 2 is 1.83 bits per heavy atom. The summed E-state index contributed by atoms with van der Waals surface area (Å²) >= 11 is 0. The molecular formula is C44H44N10O4. The van der Waals surface area contributed by atoms with Gasteiger partial charge in [-0.1, -0.05) is 24.3 Å². The van der Waals surface area contributed by atoms with Gasteiger partial charge in [0.1, 0.15) is 12.3 Å². The summed E-state index contributed by atoms with van der Waals surface area (Å²) in [5.74, 6) is 0.382. The van der Waals surface area contributed by atoms with Crippen molar-refractivity contribution in [2.45, 2.75) is 44.9 Å². The summed E-state index contributed by atoms with van der Waals surface area (Å²) in [6.45, 7) is 6.87. The van der Waals surface area contributed by atoms with Crippen molar-refractivity contribution < 1.29 is 19.1 Å². The minimum absolute atomic E-state index is 0.154. The number of aryl methyl sites for hydroxylation is 1. The van der Waals surface area contributed by atoms with Crippen molar-refractivity contribution in [3.8, 4) is 17.0 Å². The molecule has 3 saturated heterocycles. The van der Waals surface area contributed by atoms with Crippen molar-refractivity contribution in [2.24, 2.45) is 12.5 Å². The Morgan fingerprint density at radius 1 is 1.00 bits per heavy atom. The molecule has 3 amide bonds. The van der Waals surface area contributed by atoms with E-state index in [4.69, 9.17) is 14.8 Å². The van der Waals surface area contributed by atoms with E-state index in [-0.39, 0.29) is 23.1 Å². The molecule has 3 fully saturated rings. The van der Waals surface area contributed by atoms with Crippen LogP contribution in [-0.4, -0.2) is 86.7 Å². The van der Waals surface area contributed by atoms with Crippen molar-refractivity contribution in [3.05, 3.63) is 89.9 Å². The summed E-state index contributed by atoms with van der Waals surface area (Å²) in [6, 6.07) is 20.4. The Hall–Kier alpha value is -6.57. The fourth-order valence-electron chi connectivity index (χ4n) is 9.06. The van der Waals surface area contributed by atoms with Crippen molar-refractivity contribution >= 4 is 62.5 Å². The van der Waals surface area contributed by atoms with Gasteiger partial charge in [0.2, 0.25) is 29.5 Å². The largest absolute Gasteiger partial charge is 0.474 e. The fourth-order valence-corrected chi connectivity index (χ4v) is 9.06. The molecule has 0 radical (unpaired) electrons. The molecule has 3 aromatic carbocycles. The summed E-state index contributed by atoms with van der Waals surface area (Å²) in [5, 5.41) is 15.8. The zero-order valence-corrected chi connectivity index (χ0v) is 32.5. The lowest BCUT2D eigenvalue weighted by Gasteiger charge is -2.55. The maximum atomic E-state index is 13.4. The summed E-state index contributed by atoms with van der Waals surface area (Å²) in [6.07, 6.45) is 6.80. The smallest absolute Gasteiger partial charge is 0.237 e. The van der Waals surface area contributed by atoms with E-state index in [0.717, 1.165) is 112 Å². The molecule has 1 atom stereocenters. The molecule has 10 rings (SSSR count). The van der Waals surface area contributed by atoms with E-state index in [1.54, 1.807) is 0 Å². The van der Waals surface area contributed by atoms with E-state index in [1.807, 2.05) is 59.4 Å². The second kappa shape index (κ2) is 14.1. The maximum absolute atomic E-state index is 13.4. The summed E-state index contributed by atoms with van der Waals surface area (Å²) in [7, 11) is 1.90. The Bertz CT molecular complexity index is 2620. The Labute approximate surface area is 335 Å². The van der Waals surface area contributed by atoms with Crippen LogP contribution in [0.15, 0.2) is 73.1 Å². The number of fused-ring (bicyclic) bond motifs is 3. The van der Waals surface area contributed by atoms with Gasteiger partial charge in [0.15, 0.2) is 0 Å². The average molecular weight is 777 g/mol. The predicted octanol–water partition coefficient (Wildman–Crippen LogP) is 5.63. The van der Waals surface area contributed by atoms with Crippen LogP contribution >= 0.6 is 0 Å². The normalized spacial score (nSPS) is 18.7. The second-order valence-electron chi connectivity index (χ2n) is 16.2. The summed E-state index contributed by atoms with van der Waals surface area (Å²) in [4.78, 5) is 56.0. The molecule has 14 heteroatoms. The van der Waals surface area contributed by atoms with Crippen LogP contribution < -0.4 is 25.6 Å². The van der Waals surface area contributed by atoms with Crippen LogP contribution in [-0.2, 0) is 27.9 Å². The topological polar surface area (TPSA) is 160 Å². The fraction of sp³-hybridized carbons (Fsp3) is 0.341. The van der Waals surface area contributed by atoms with Crippen LogP contribution in [0.2, 0.25) is 0 Å². The number of imide groups is 1. The van der Waals surface area contributed by atoms with Crippen LogP contribution in [0.4, 0.5) is 23.0 Å². The number of benzene rings is 3. The van der Waals surface area contributed by atoms with Crippen molar-refractivity contribution in [1.82, 2.24) is 34.9 Å². The first-order valence-corrected chi connectivity index (χ1v) is 20.0. The molecule has 58 heavy (non-hydrogen) atoms. The van der Waals surface area contributed by atoms with Crippen molar-refractivity contribution in [3.63, 3.8) is 0 Å². The highest BCUT2D eigenvalue weighted by atomic mass is 16.5.